The molecule has 1 heteroatoms. The van der Waals surface area contributed by atoms with Crippen molar-refractivity contribution in [2.75, 3.05) is 6.54 Å². The van der Waals surface area contributed by atoms with Crippen LogP contribution >= 0.6 is 0 Å². The van der Waals surface area contributed by atoms with Gasteiger partial charge in [-0.2, -0.15) is 0 Å². The van der Waals surface area contributed by atoms with Crippen LogP contribution in [-0.2, 0) is 5.54 Å². The molecule has 0 fully saturated rings. The lowest BCUT2D eigenvalue weighted by atomic mass is 9.82. The molecule has 0 aliphatic heterocycles. The van der Waals surface area contributed by atoms with E-state index in [1.165, 1.54) is 40.7 Å². The van der Waals surface area contributed by atoms with E-state index < -0.39 is 0 Å². The molecule has 0 amide bonds. The molecule has 0 bridgehead atoms. The van der Waals surface area contributed by atoms with Crippen molar-refractivity contribution < 1.29 is 0 Å². The van der Waals surface area contributed by atoms with Gasteiger partial charge in [0.2, 0.25) is 0 Å². The molecule has 0 saturated carbocycles. The van der Waals surface area contributed by atoms with Crippen LogP contribution < -0.4 is 5.32 Å². The van der Waals surface area contributed by atoms with Gasteiger partial charge in [0.1, 0.15) is 0 Å². The van der Waals surface area contributed by atoms with Crippen molar-refractivity contribution in [3.63, 3.8) is 0 Å². The molecule has 120 valence electrons. The largest absolute Gasteiger partial charge is 0.308 e. The van der Waals surface area contributed by atoms with Gasteiger partial charge in [0, 0.05) is 11.5 Å². The Morgan fingerprint density at radius 2 is 1.77 bits per heavy atom. The van der Waals surface area contributed by atoms with Gasteiger partial charge in [-0.15, -0.1) is 0 Å². The highest BCUT2D eigenvalue weighted by atomic mass is 14.9. The molecule has 0 saturated heterocycles. The van der Waals surface area contributed by atoms with Crippen LogP contribution in [0.1, 0.15) is 71.4 Å². The third kappa shape index (κ3) is 3.35. The molecule has 1 aliphatic carbocycles. The summed E-state index contributed by atoms with van der Waals surface area (Å²) in [5.74, 6) is 0.434. The molecule has 0 aromatic heterocycles. The van der Waals surface area contributed by atoms with Gasteiger partial charge in [-0.25, -0.2) is 0 Å². The van der Waals surface area contributed by atoms with Crippen molar-refractivity contribution in [2.24, 2.45) is 0 Å². The quantitative estimate of drug-likeness (QED) is 0.665. The zero-order chi connectivity index (χ0) is 16.3. The number of benzene rings is 1. The van der Waals surface area contributed by atoms with Crippen LogP contribution in [0.5, 0.6) is 0 Å². The number of rotatable bonds is 6. The fraction of sp³-hybridized carbons (Fsp3) is 0.524. The summed E-state index contributed by atoms with van der Waals surface area (Å²) in [4.78, 5) is 0. The molecule has 0 heterocycles. The highest BCUT2D eigenvalue weighted by Crippen LogP contribution is 2.40. The Kier molecular flexibility index (Phi) is 5.28. The molecule has 1 unspecified atom stereocenters. The number of allylic oxidation sites excluding steroid dienone is 4. The Morgan fingerprint density at radius 3 is 2.36 bits per heavy atom. The highest BCUT2D eigenvalue weighted by molar-refractivity contribution is 5.52. The summed E-state index contributed by atoms with van der Waals surface area (Å²) in [5.41, 5.74) is 7.25. The molecule has 1 aromatic carbocycles. The van der Waals surface area contributed by atoms with Crippen LogP contribution in [0.25, 0.3) is 0 Å². The van der Waals surface area contributed by atoms with E-state index in [0.717, 1.165) is 6.54 Å². The smallest absolute Gasteiger partial charge is 0.0380 e. The summed E-state index contributed by atoms with van der Waals surface area (Å²) in [6, 6.07) is 8.93. The van der Waals surface area contributed by atoms with E-state index in [2.05, 4.69) is 77.2 Å². The van der Waals surface area contributed by atoms with Crippen LogP contribution in [0.3, 0.4) is 0 Å². The van der Waals surface area contributed by atoms with Crippen molar-refractivity contribution in [1.29, 1.82) is 0 Å². The topological polar surface area (TPSA) is 12.0 Å². The van der Waals surface area contributed by atoms with Gasteiger partial charge in [-0.3, -0.25) is 0 Å². The fourth-order valence-electron chi connectivity index (χ4n) is 3.38. The zero-order valence-electron chi connectivity index (χ0n) is 15.1. The molecule has 1 atom stereocenters. The van der Waals surface area contributed by atoms with Crippen molar-refractivity contribution >= 4 is 0 Å². The predicted octanol–water partition coefficient (Wildman–Crippen LogP) is 5.69. The average molecular weight is 297 g/mol. The van der Waals surface area contributed by atoms with Gasteiger partial charge in [-0.05, 0) is 64.3 Å². The molecule has 1 aromatic rings. The van der Waals surface area contributed by atoms with E-state index in [9.17, 15) is 0 Å². The van der Waals surface area contributed by atoms with Crippen molar-refractivity contribution in [3.8, 4) is 0 Å². The molecule has 1 aliphatic rings. The Morgan fingerprint density at radius 1 is 1.09 bits per heavy atom. The van der Waals surface area contributed by atoms with E-state index in [-0.39, 0.29) is 5.54 Å². The summed E-state index contributed by atoms with van der Waals surface area (Å²) in [7, 11) is 0. The second kappa shape index (κ2) is 6.83. The number of hydrogen-bond donors (Lipinski definition) is 1. The third-order valence-corrected chi connectivity index (χ3v) is 5.13. The molecule has 2 rings (SSSR count). The van der Waals surface area contributed by atoms with Crippen LogP contribution in [-0.4, -0.2) is 6.54 Å². The van der Waals surface area contributed by atoms with Gasteiger partial charge in [0.25, 0.3) is 0 Å². The third-order valence-electron chi connectivity index (χ3n) is 5.13. The lowest BCUT2D eigenvalue weighted by molar-refractivity contribution is 0.396. The van der Waals surface area contributed by atoms with Crippen molar-refractivity contribution in [1.82, 2.24) is 5.32 Å². The summed E-state index contributed by atoms with van der Waals surface area (Å²) >= 11 is 0. The summed E-state index contributed by atoms with van der Waals surface area (Å²) in [6.45, 7) is 14.7. The maximum atomic E-state index is 3.74. The van der Waals surface area contributed by atoms with E-state index in [1.807, 2.05) is 0 Å². The Balaban J connectivity index is 2.36. The number of unbranched alkanes of at least 4 members (excludes halogenated alkanes) is 1. The SMILES string of the molecule is CCCCNC(C)(C)c1ccccc1C1C=C(C)C(C)=C1C. The number of hydrogen-bond acceptors (Lipinski definition) is 1. The van der Waals surface area contributed by atoms with Gasteiger partial charge >= 0.3 is 0 Å². The first-order valence-electron chi connectivity index (χ1n) is 8.59. The lowest BCUT2D eigenvalue weighted by Gasteiger charge is -2.31. The first-order chi connectivity index (χ1) is 10.4. The number of nitrogens with one attached hydrogen (secondary N) is 1. The zero-order valence-corrected chi connectivity index (χ0v) is 15.1. The molecule has 1 nitrogen and oxygen atoms in total. The van der Waals surface area contributed by atoms with Crippen LogP contribution in [0, 0.1) is 0 Å². The minimum atomic E-state index is 0.00425. The summed E-state index contributed by atoms with van der Waals surface area (Å²) < 4.78 is 0. The minimum absolute atomic E-state index is 0.00425. The fourth-order valence-corrected chi connectivity index (χ4v) is 3.38. The van der Waals surface area contributed by atoms with E-state index in [4.69, 9.17) is 0 Å². The average Bonchev–Trinajstić information content (AvgIpc) is 2.75. The monoisotopic (exact) mass is 297 g/mol. The maximum absolute atomic E-state index is 3.74. The Hall–Kier alpha value is -1.34. The molecule has 22 heavy (non-hydrogen) atoms. The highest BCUT2D eigenvalue weighted by Gasteiger charge is 2.28. The molecular formula is C21H31N. The second-order valence-electron chi connectivity index (χ2n) is 7.13. The molecule has 0 spiro atoms. The van der Waals surface area contributed by atoms with E-state index in [1.54, 1.807) is 0 Å². The molecule has 1 N–H and O–H groups in total. The van der Waals surface area contributed by atoms with Crippen LogP contribution in [0.15, 0.2) is 47.1 Å². The molecular weight excluding hydrogens is 266 g/mol. The molecule has 0 radical (unpaired) electrons. The summed E-state index contributed by atoms with van der Waals surface area (Å²) in [5, 5.41) is 3.74. The van der Waals surface area contributed by atoms with Gasteiger partial charge in [0.15, 0.2) is 0 Å². The lowest BCUT2D eigenvalue weighted by Crippen LogP contribution is -2.38. The standard InChI is InChI=1S/C21H31N/c1-7-8-13-22-21(5,6)20-12-10-9-11-18(20)19-14-15(2)16(3)17(19)4/h9-12,14,19,22H,7-8,13H2,1-6H3. The Labute approximate surface area is 136 Å². The van der Waals surface area contributed by atoms with Crippen molar-refractivity contribution in [2.45, 2.75) is 65.8 Å². The van der Waals surface area contributed by atoms with Crippen molar-refractivity contribution in [3.05, 3.63) is 58.2 Å². The van der Waals surface area contributed by atoms with E-state index >= 15 is 0 Å². The second-order valence-corrected chi connectivity index (χ2v) is 7.13. The normalized spacial score (nSPS) is 18.8. The van der Waals surface area contributed by atoms with E-state index in [0.29, 0.717) is 5.92 Å². The first kappa shape index (κ1) is 17.0. The minimum Gasteiger partial charge on any atom is -0.308 e. The predicted molar refractivity (Wildman–Crippen MR) is 97.3 cm³/mol. The summed E-state index contributed by atoms with van der Waals surface area (Å²) in [6.07, 6.45) is 4.88. The maximum Gasteiger partial charge on any atom is 0.0380 e. The van der Waals surface area contributed by atoms with Gasteiger partial charge in [0.05, 0.1) is 0 Å². The van der Waals surface area contributed by atoms with Gasteiger partial charge in [-0.1, -0.05) is 54.8 Å². The first-order valence-corrected chi connectivity index (χ1v) is 8.59. The van der Waals surface area contributed by atoms with Crippen LogP contribution in [0.4, 0.5) is 0 Å². The Bertz CT molecular complexity index is 590. The van der Waals surface area contributed by atoms with Crippen LogP contribution in [0.2, 0.25) is 0 Å². The van der Waals surface area contributed by atoms with Gasteiger partial charge < -0.3 is 5.32 Å².